The van der Waals surface area contributed by atoms with Crippen molar-refractivity contribution in [2.45, 2.75) is 45.2 Å². The smallest absolute Gasteiger partial charge is 0.248 e. The molecule has 7 nitrogen and oxygen atoms in total. The van der Waals surface area contributed by atoms with Crippen molar-refractivity contribution in [3.05, 3.63) is 90.1 Å². The standard InChI is InChI=1S/C27H28F2N4O3/c1-27(2,3)32-26(36)25(18-11-13-19(28)14-12-18)33(21-9-5-4-8-20(21)29)24(35)16-15-23(34)31-22-10-6-7-17-30-22/h4-14,17,25H,15-16H2,1-3H3,(H,32,36)(H,30,31,34). The summed E-state index contributed by atoms with van der Waals surface area (Å²) in [6, 6.07) is 14.3. The highest BCUT2D eigenvalue weighted by molar-refractivity contribution is 6.03. The van der Waals surface area contributed by atoms with Crippen LogP contribution in [0.3, 0.4) is 0 Å². The van der Waals surface area contributed by atoms with Gasteiger partial charge < -0.3 is 10.6 Å². The van der Waals surface area contributed by atoms with Crippen molar-refractivity contribution < 1.29 is 23.2 Å². The number of anilines is 2. The van der Waals surface area contributed by atoms with Crippen molar-refractivity contribution >= 4 is 29.2 Å². The minimum absolute atomic E-state index is 0.133. The molecule has 0 spiro atoms. The van der Waals surface area contributed by atoms with E-state index in [9.17, 15) is 23.2 Å². The van der Waals surface area contributed by atoms with Gasteiger partial charge in [0.1, 0.15) is 23.5 Å². The zero-order chi connectivity index (χ0) is 26.3. The van der Waals surface area contributed by atoms with Crippen molar-refractivity contribution in [1.29, 1.82) is 0 Å². The van der Waals surface area contributed by atoms with E-state index in [1.165, 1.54) is 42.6 Å². The van der Waals surface area contributed by atoms with E-state index < -0.39 is 40.9 Å². The molecular weight excluding hydrogens is 466 g/mol. The van der Waals surface area contributed by atoms with Gasteiger partial charge in [-0.1, -0.05) is 30.3 Å². The Hall–Kier alpha value is -4.14. The van der Waals surface area contributed by atoms with Crippen molar-refractivity contribution in [3.8, 4) is 0 Å². The number of nitrogens with one attached hydrogen (secondary N) is 2. The zero-order valence-corrected chi connectivity index (χ0v) is 20.3. The van der Waals surface area contributed by atoms with Crippen LogP contribution in [0.1, 0.15) is 45.2 Å². The summed E-state index contributed by atoms with van der Waals surface area (Å²) < 4.78 is 28.6. The van der Waals surface area contributed by atoms with E-state index in [4.69, 9.17) is 0 Å². The first kappa shape index (κ1) is 26.5. The molecule has 188 valence electrons. The maximum absolute atomic E-state index is 15.0. The third kappa shape index (κ3) is 7.18. The summed E-state index contributed by atoms with van der Waals surface area (Å²) in [5, 5.41) is 5.41. The summed E-state index contributed by atoms with van der Waals surface area (Å²) in [6.45, 7) is 5.30. The molecule has 3 rings (SSSR count). The fraction of sp³-hybridized carbons (Fsp3) is 0.259. The highest BCUT2D eigenvalue weighted by atomic mass is 19.1. The molecule has 2 aromatic carbocycles. The van der Waals surface area contributed by atoms with Crippen molar-refractivity contribution in [3.63, 3.8) is 0 Å². The molecule has 0 aliphatic heterocycles. The molecule has 2 N–H and O–H groups in total. The Morgan fingerprint density at radius 3 is 2.19 bits per heavy atom. The topological polar surface area (TPSA) is 91.4 Å². The van der Waals surface area contributed by atoms with E-state index >= 15 is 0 Å². The predicted molar refractivity (Wildman–Crippen MR) is 133 cm³/mol. The Bertz CT molecular complexity index is 1210. The highest BCUT2D eigenvalue weighted by Crippen LogP contribution is 2.31. The first-order valence-electron chi connectivity index (χ1n) is 11.4. The monoisotopic (exact) mass is 494 g/mol. The number of carbonyl (C=O) groups is 3. The number of benzene rings is 2. The maximum atomic E-state index is 15.0. The van der Waals surface area contributed by atoms with Crippen LogP contribution >= 0.6 is 0 Å². The molecule has 9 heteroatoms. The van der Waals surface area contributed by atoms with Crippen molar-refractivity contribution in [1.82, 2.24) is 10.3 Å². The minimum atomic E-state index is -1.31. The zero-order valence-electron chi connectivity index (χ0n) is 20.3. The molecule has 0 aliphatic carbocycles. The Morgan fingerprint density at radius 2 is 1.58 bits per heavy atom. The number of aromatic nitrogens is 1. The number of hydrogen-bond donors (Lipinski definition) is 2. The lowest BCUT2D eigenvalue weighted by atomic mass is 10.00. The fourth-order valence-electron chi connectivity index (χ4n) is 3.55. The van der Waals surface area contributed by atoms with Gasteiger partial charge in [-0.15, -0.1) is 0 Å². The number of para-hydroxylation sites is 1. The van der Waals surface area contributed by atoms with Gasteiger partial charge in [0.05, 0.1) is 5.69 Å². The summed E-state index contributed by atoms with van der Waals surface area (Å²) in [5.74, 6) is -2.62. The molecule has 0 saturated heterocycles. The molecule has 3 aromatic rings. The molecule has 0 bridgehead atoms. The number of hydrogen-bond acceptors (Lipinski definition) is 4. The lowest BCUT2D eigenvalue weighted by molar-refractivity contribution is -0.128. The van der Waals surface area contributed by atoms with Gasteiger partial charge in [0, 0.05) is 24.6 Å². The molecule has 1 atom stereocenters. The van der Waals surface area contributed by atoms with Gasteiger partial charge in [-0.25, -0.2) is 13.8 Å². The Balaban J connectivity index is 1.96. The van der Waals surface area contributed by atoms with Crippen molar-refractivity contribution in [2.24, 2.45) is 0 Å². The van der Waals surface area contributed by atoms with Crippen molar-refractivity contribution in [2.75, 3.05) is 10.2 Å². The third-order valence-electron chi connectivity index (χ3n) is 5.07. The molecule has 1 heterocycles. The van der Waals surface area contributed by atoms with E-state index in [1.807, 2.05) is 0 Å². The van der Waals surface area contributed by atoms with Gasteiger partial charge in [-0.3, -0.25) is 19.3 Å². The summed E-state index contributed by atoms with van der Waals surface area (Å²) in [6.07, 6.45) is 0.979. The van der Waals surface area contributed by atoms with E-state index in [-0.39, 0.29) is 24.1 Å². The Morgan fingerprint density at radius 1 is 0.917 bits per heavy atom. The Labute approximate surface area is 208 Å². The van der Waals surface area contributed by atoms with Gasteiger partial charge in [-0.2, -0.15) is 0 Å². The normalized spacial score (nSPS) is 11.9. The summed E-state index contributed by atoms with van der Waals surface area (Å²) >= 11 is 0. The quantitative estimate of drug-likeness (QED) is 0.472. The summed E-state index contributed by atoms with van der Waals surface area (Å²) in [4.78, 5) is 44.4. The molecule has 3 amide bonds. The SMILES string of the molecule is CC(C)(C)NC(=O)C(c1ccc(F)cc1)N(C(=O)CCC(=O)Nc1ccccn1)c1ccccc1F. The van der Waals surface area contributed by atoms with Crippen LogP contribution in [0, 0.1) is 11.6 Å². The molecule has 0 aliphatic rings. The molecule has 1 aromatic heterocycles. The van der Waals surface area contributed by atoms with Crippen LogP contribution in [0.5, 0.6) is 0 Å². The van der Waals surface area contributed by atoms with Crippen LogP contribution < -0.4 is 15.5 Å². The lowest BCUT2D eigenvalue weighted by Gasteiger charge is -2.34. The largest absolute Gasteiger partial charge is 0.349 e. The minimum Gasteiger partial charge on any atom is -0.349 e. The van der Waals surface area contributed by atoms with Crippen LogP contribution in [-0.2, 0) is 14.4 Å². The molecular formula is C27H28F2N4O3. The van der Waals surface area contributed by atoms with E-state index in [0.29, 0.717) is 5.82 Å². The first-order chi connectivity index (χ1) is 17.0. The second-order valence-electron chi connectivity index (χ2n) is 9.17. The molecule has 0 fully saturated rings. The third-order valence-corrected chi connectivity index (χ3v) is 5.07. The fourth-order valence-corrected chi connectivity index (χ4v) is 3.55. The highest BCUT2D eigenvalue weighted by Gasteiger charge is 2.35. The van der Waals surface area contributed by atoms with Gasteiger partial charge in [0.15, 0.2) is 0 Å². The van der Waals surface area contributed by atoms with E-state index in [0.717, 1.165) is 17.0 Å². The Kier molecular flexibility index (Phi) is 8.47. The van der Waals surface area contributed by atoms with Gasteiger partial charge in [0.25, 0.3) is 0 Å². The van der Waals surface area contributed by atoms with E-state index in [1.54, 1.807) is 39.0 Å². The molecule has 0 saturated carbocycles. The van der Waals surface area contributed by atoms with Gasteiger partial charge >= 0.3 is 0 Å². The van der Waals surface area contributed by atoms with Crippen LogP contribution in [0.25, 0.3) is 0 Å². The predicted octanol–water partition coefficient (Wildman–Crippen LogP) is 4.77. The van der Waals surface area contributed by atoms with Crippen LogP contribution in [0.15, 0.2) is 72.9 Å². The second kappa shape index (κ2) is 11.5. The van der Waals surface area contributed by atoms with Crippen LogP contribution in [0.2, 0.25) is 0 Å². The first-order valence-corrected chi connectivity index (χ1v) is 11.4. The summed E-state index contributed by atoms with van der Waals surface area (Å²) in [7, 11) is 0. The van der Waals surface area contributed by atoms with Gasteiger partial charge in [-0.05, 0) is 62.7 Å². The number of halogens is 2. The lowest BCUT2D eigenvalue weighted by Crippen LogP contribution is -2.49. The number of carbonyl (C=O) groups excluding carboxylic acids is 3. The number of rotatable bonds is 8. The average Bonchev–Trinajstić information content (AvgIpc) is 2.82. The van der Waals surface area contributed by atoms with Crippen LogP contribution in [-0.4, -0.2) is 28.2 Å². The molecule has 36 heavy (non-hydrogen) atoms. The number of nitrogens with zero attached hydrogens (tertiary/aromatic N) is 2. The van der Waals surface area contributed by atoms with E-state index in [2.05, 4.69) is 15.6 Å². The number of pyridine rings is 1. The summed E-state index contributed by atoms with van der Waals surface area (Å²) in [5.41, 5.74) is -0.513. The average molecular weight is 495 g/mol. The van der Waals surface area contributed by atoms with Gasteiger partial charge in [0.2, 0.25) is 17.7 Å². The van der Waals surface area contributed by atoms with Crippen LogP contribution in [0.4, 0.5) is 20.3 Å². The number of amides is 3. The molecule has 0 radical (unpaired) electrons. The maximum Gasteiger partial charge on any atom is 0.248 e. The second-order valence-corrected chi connectivity index (χ2v) is 9.17. The molecule has 1 unspecified atom stereocenters.